The lowest BCUT2D eigenvalue weighted by Gasteiger charge is -2.17. The molecule has 0 radical (unpaired) electrons. The zero-order valence-corrected chi connectivity index (χ0v) is 14.7. The molecule has 1 aromatic heterocycles. The molecule has 1 unspecified atom stereocenters. The highest BCUT2D eigenvalue weighted by Gasteiger charge is 2.28. The van der Waals surface area contributed by atoms with E-state index in [-0.39, 0.29) is 23.6 Å². The van der Waals surface area contributed by atoms with E-state index < -0.39 is 0 Å². The Balaban J connectivity index is 1.85. The lowest BCUT2D eigenvalue weighted by Crippen LogP contribution is -2.26. The Morgan fingerprint density at radius 1 is 1.33 bits per heavy atom. The highest BCUT2D eigenvalue weighted by atomic mass is 19.1. The summed E-state index contributed by atoms with van der Waals surface area (Å²) in [4.78, 5) is 22.2. The molecule has 0 bridgehead atoms. The molecule has 1 saturated heterocycles. The average molecular weight is 362 g/mol. The van der Waals surface area contributed by atoms with Gasteiger partial charge in [0.05, 0.1) is 5.52 Å². The van der Waals surface area contributed by atoms with Crippen LogP contribution in [0.4, 0.5) is 10.3 Å². The van der Waals surface area contributed by atoms with Crippen molar-refractivity contribution in [1.29, 1.82) is 0 Å². The molecular weight excluding hydrogens is 343 g/mol. The molecule has 27 heavy (non-hydrogen) atoms. The van der Waals surface area contributed by atoms with E-state index in [0.29, 0.717) is 18.7 Å². The number of hydrogen-bond donors (Lipinski definition) is 1. The van der Waals surface area contributed by atoms with E-state index in [1.54, 1.807) is 23.2 Å². The van der Waals surface area contributed by atoms with E-state index in [2.05, 4.69) is 16.5 Å². The smallest absolute Gasteiger partial charge is 0.245 e. The van der Waals surface area contributed by atoms with Gasteiger partial charge in [-0.25, -0.2) is 14.4 Å². The molecule has 136 valence electrons. The molecule has 2 heterocycles. The largest absolute Gasteiger partial charge is 0.368 e. The number of likely N-dealkylation sites (tertiary alicyclic amines) is 1. The van der Waals surface area contributed by atoms with Crippen LogP contribution in [0.15, 0.2) is 55.3 Å². The quantitative estimate of drug-likeness (QED) is 0.724. The summed E-state index contributed by atoms with van der Waals surface area (Å²) >= 11 is 0. The fourth-order valence-electron chi connectivity index (χ4n) is 3.69. The van der Waals surface area contributed by atoms with Crippen molar-refractivity contribution in [3.63, 3.8) is 0 Å². The number of nitrogens with zero attached hydrogens (tertiary/aromatic N) is 3. The number of rotatable bonds is 3. The second-order valence-electron chi connectivity index (χ2n) is 6.69. The highest BCUT2D eigenvalue weighted by molar-refractivity contribution is 5.89. The molecule has 0 saturated carbocycles. The fraction of sp³-hybridized carbons (Fsp3) is 0.190. The van der Waals surface area contributed by atoms with Crippen molar-refractivity contribution in [3.05, 3.63) is 66.6 Å². The number of nitrogens with two attached hydrogens (primary N) is 1. The van der Waals surface area contributed by atoms with Gasteiger partial charge in [-0.15, -0.1) is 0 Å². The molecule has 1 fully saturated rings. The third-order valence-electron chi connectivity index (χ3n) is 5.03. The van der Waals surface area contributed by atoms with Crippen LogP contribution in [0.2, 0.25) is 0 Å². The van der Waals surface area contributed by atoms with Gasteiger partial charge in [0, 0.05) is 36.2 Å². The molecule has 5 nitrogen and oxygen atoms in total. The normalized spacial score (nSPS) is 16.6. The van der Waals surface area contributed by atoms with Crippen LogP contribution in [0.25, 0.3) is 22.0 Å². The van der Waals surface area contributed by atoms with Crippen LogP contribution in [0, 0.1) is 5.82 Å². The van der Waals surface area contributed by atoms with E-state index >= 15 is 0 Å². The maximum Gasteiger partial charge on any atom is 0.245 e. The summed E-state index contributed by atoms with van der Waals surface area (Å²) in [5, 5.41) is 0.799. The Labute approximate surface area is 156 Å². The van der Waals surface area contributed by atoms with Gasteiger partial charge in [-0.3, -0.25) is 4.79 Å². The Bertz CT molecular complexity index is 1050. The minimum absolute atomic E-state index is 0.0822. The second-order valence-corrected chi connectivity index (χ2v) is 6.69. The molecule has 2 aromatic carbocycles. The third kappa shape index (κ3) is 3.14. The van der Waals surface area contributed by atoms with Gasteiger partial charge in [-0.2, -0.15) is 0 Å². The standard InChI is InChI=1S/C21H19FN4O/c1-2-19(27)26-8-7-13(12-26)17-10-14(16-5-3-4-6-18(16)22)9-15-11-24-21(23)25-20(15)17/h2-6,9-11,13H,1,7-8,12H2,(H2,23,24,25). The maximum absolute atomic E-state index is 14.3. The molecule has 6 heteroatoms. The number of amides is 1. The molecule has 2 N–H and O–H groups in total. The molecule has 1 amide bonds. The van der Waals surface area contributed by atoms with Gasteiger partial charge in [-0.05, 0) is 41.8 Å². The topological polar surface area (TPSA) is 72.1 Å². The summed E-state index contributed by atoms with van der Waals surface area (Å²) in [6.07, 6.45) is 3.79. The number of nitrogen functional groups attached to an aromatic ring is 1. The molecule has 1 aliphatic rings. The number of anilines is 1. The minimum Gasteiger partial charge on any atom is -0.368 e. The second kappa shape index (κ2) is 6.79. The summed E-state index contributed by atoms with van der Waals surface area (Å²) in [5.41, 5.74) is 8.79. The van der Waals surface area contributed by atoms with Crippen molar-refractivity contribution < 1.29 is 9.18 Å². The van der Waals surface area contributed by atoms with Crippen molar-refractivity contribution in [2.24, 2.45) is 0 Å². The number of fused-ring (bicyclic) bond motifs is 1. The molecule has 4 rings (SSSR count). The molecular formula is C21H19FN4O. The Kier molecular flexibility index (Phi) is 4.32. The number of benzene rings is 2. The van der Waals surface area contributed by atoms with Crippen LogP contribution >= 0.6 is 0 Å². The molecule has 0 spiro atoms. The van der Waals surface area contributed by atoms with Crippen LogP contribution < -0.4 is 5.73 Å². The molecule has 0 aliphatic carbocycles. The van der Waals surface area contributed by atoms with Gasteiger partial charge < -0.3 is 10.6 Å². The summed E-state index contributed by atoms with van der Waals surface area (Å²) in [5.74, 6) is -0.0768. The lowest BCUT2D eigenvalue weighted by molar-refractivity contribution is -0.125. The minimum atomic E-state index is -0.283. The van der Waals surface area contributed by atoms with Crippen molar-refractivity contribution in [3.8, 4) is 11.1 Å². The van der Waals surface area contributed by atoms with Gasteiger partial charge in [0.1, 0.15) is 5.82 Å². The monoisotopic (exact) mass is 362 g/mol. The van der Waals surface area contributed by atoms with Crippen molar-refractivity contribution in [2.45, 2.75) is 12.3 Å². The van der Waals surface area contributed by atoms with Gasteiger partial charge in [0.15, 0.2) is 0 Å². The number of carbonyl (C=O) groups excluding carboxylic acids is 1. The van der Waals surface area contributed by atoms with E-state index in [0.717, 1.165) is 28.5 Å². The summed E-state index contributed by atoms with van der Waals surface area (Å²) in [7, 11) is 0. The number of carbonyl (C=O) groups is 1. The van der Waals surface area contributed by atoms with Crippen LogP contribution in [0.3, 0.4) is 0 Å². The maximum atomic E-state index is 14.3. The van der Waals surface area contributed by atoms with Crippen LogP contribution in [0.1, 0.15) is 17.9 Å². The predicted molar refractivity (Wildman–Crippen MR) is 103 cm³/mol. The zero-order valence-electron chi connectivity index (χ0n) is 14.7. The average Bonchev–Trinajstić information content (AvgIpc) is 3.17. The van der Waals surface area contributed by atoms with E-state index in [1.165, 1.54) is 12.1 Å². The Morgan fingerprint density at radius 3 is 2.93 bits per heavy atom. The molecule has 1 aliphatic heterocycles. The van der Waals surface area contributed by atoms with Crippen molar-refractivity contribution >= 4 is 22.8 Å². The van der Waals surface area contributed by atoms with Gasteiger partial charge >= 0.3 is 0 Å². The first-order chi connectivity index (χ1) is 13.1. The van der Waals surface area contributed by atoms with Crippen LogP contribution in [-0.2, 0) is 4.79 Å². The predicted octanol–water partition coefficient (Wildman–Crippen LogP) is 3.52. The van der Waals surface area contributed by atoms with Crippen LogP contribution in [0.5, 0.6) is 0 Å². The number of aromatic nitrogens is 2. The fourth-order valence-corrected chi connectivity index (χ4v) is 3.69. The highest BCUT2D eigenvalue weighted by Crippen LogP contribution is 2.36. The number of hydrogen-bond acceptors (Lipinski definition) is 4. The zero-order chi connectivity index (χ0) is 19.0. The lowest BCUT2D eigenvalue weighted by atomic mass is 9.91. The van der Waals surface area contributed by atoms with Crippen molar-refractivity contribution in [1.82, 2.24) is 14.9 Å². The summed E-state index contributed by atoms with van der Waals surface area (Å²) in [6, 6.07) is 10.5. The number of halogens is 1. The first kappa shape index (κ1) is 17.1. The van der Waals surface area contributed by atoms with E-state index in [4.69, 9.17) is 5.73 Å². The summed E-state index contributed by atoms with van der Waals surface area (Å²) in [6.45, 7) is 4.79. The first-order valence-electron chi connectivity index (χ1n) is 8.79. The SMILES string of the molecule is C=CC(=O)N1CCC(c2cc(-c3ccccc3F)cc3cnc(N)nc23)C1. The van der Waals surface area contributed by atoms with E-state index in [1.807, 2.05) is 18.2 Å². The van der Waals surface area contributed by atoms with Crippen molar-refractivity contribution in [2.75, 3.05) is 18.8 Å². The van der Waals surface area contributed by atoms with Gasteiger partial charge in [0.2, 0.25) is 11.9 Å². The Hall–Kier alpha value is -3.28. The van der Waals surface area contributed by atoms with Gasteiger partial charge in [-0.1, -0.05) is 24.8 Å². The summed E-state index contributed by atoms with van der Waals surface area (Å²) < 4.78 is 14.3. The first-order valence-corrected chi connectivity index (χ1v) is 8.79. The third-order valence-corrected chi connectivity index (χ3v) is 5.03. The molecule has 3 aromatic rings. The van der Waals surface area contributed by atoms with Crippen LogP contribution in [-0.4, -0.2) is 33.9 Å². The van der Waals surface area contributed by atoms with E-state index in [9.17, 15) is 9.18 Å². The van der Waals surface area contributed by atoms with Gasteiger partial charge in [0.25, 0.3) is 0 Å². The Morgan fingerprint density at radius 2 is 2.15 bits per heavy atom. The molecule has 1 atom stereocenters.